The summed E-state index contributed by atoms with van der Waals surface area (Å²) < 4.78 is 4.69. The number of esters is 1. The van der Waals surface area contributed by atoms with Crippen molar-refractivity contribution in [3.05, 3.63) is 58.6 Å². The molecule has 0 radical (unpaired) electrons. The Balaban J connectivity index is 1.72. The first kappa shape index (κ1) is 18.3. The van der Waals surface area contributed by atoms with E-state index in [1.165, 1.54) is 32.4 Å². The number of nitrogens with zero attached hydrogens (tertiary/aromatic N) is 1. The predicted molar refractivity (Wildman–Crippen MR) is 103 cm³/mol. The van der Waals surface area contributed by atoms with E-state index in [-0.39, 0.29) is 5.91 Å². The zero-order valence-corrected chi connectivity index (χ0v) is 15.4. The van der Waals surface area contributed by atoms with Gasteiger partial charge >= 0.3 is 5.97 Å². The van der Waals surface area contributed by atoms with Crippen LogP contribution in [0.1, 0.15) is 40.0 Å². The van der Waals surface area contributed by atoms with Gasteiger partial charge in [-0.25, -0.2) is 4.79 Å². The molecule has 1 aliphatic heterocycles. The summed E-state index contributed by atoms with van der Waals surface area (Å²) in [6, 6.07) is 12.2. The van der Waals surface area contributed by atoms with Crippen LogP contribution >= 0.6 is 11.6 Å². The molecule has 3 rings (SSSR count). The quantitative estimate of drug-likeness (QED) is 0.809. The van der Waals surface area contributed by atoms with E-state index in [0.717, 1.165) is 18.8 Å². The Morgan fingerprint density at radius 3 is 2.31 bits per heavy atom. The molecule has 0 unspecified atom stereocenters. The van der Waals surface area contributed by atoms with Gasteiger partial charge in [-0.05, 0) is 61.7 Å². The summed E-state index contributed by atoms with van der Waals surface area (Å²) in [5, 5.41) is 3.11. The Labute approximate surface area is 157 Å². The van der Waals surface area contributed by atoms with Gasteiger partial charge in [0.1, 0.15) is 0 Å². The van der Waals surface area contributed by atoms with Crippen LogP contribution in [0.5, 0.6) is 0 Å². The molecule has 1 N–H and O–H groups in total. The lowest BCUT2D eigenvalue weighted by atomic mass is 10.1. The van der Waals surface area contributed by atoms with E-state index in [1.54, 1.807) is 24.3 Å². The molecule has 136 valence electrons. The Morgan fingerprint density at radius 2 is 1.65 bits per heavy atom. The van der Waals surface area contributed by atoms with Gasteiger partial charge in [-0.1, -0.05) is 11.6 Å². The van der Waals surface area contributed by atoms with Gasteiger partial charge < -0.3 is 15.0 Å². The summed E-state index contributed by atoms with van der Waals surface area (Å²) in [7, 11) is 1.30. The number of anilines is 2. The topological polar surface area (TPSA) is 58.6 Å². The van der Waals surface area contributed by atoms with Crippen molar-refractivity contribution in [3.63, 3.8) is 0 Å². The van der Waals surface area contributed by atoms with Crippen molar-refractivity contribution in [2.75, 3.05) is 30.4 Å². The molecule has 0 aliphatic carbocycles. The molecule has 0 aromatic heterocycles. The standard InChI is InChI=1S/C20H21ClN2O3/c1-26-20(25)15-7-10-17(21)18(13-15)22-19(24)14-5-8-16(9-6-14)23-11-3-2-4-12-23/h5-10,13H,2-4,11-12H2,1H3,(H,22,24). The maximum absolute atomic E-state index is 12.5. The number of benzene rings is 2. The van der Waals surface area contributed by atoms with Crippen molar-refractivity contribution < 1.29 is 14.3 Å². The average Bonchev–Trinajstić information content (AvgIpc) is 2.69. The third kappa shape index (κ3) is 4.17. The van der Waals surface area contributed by atoms with E-state index in [4.69, 9.17) is 16.3 Å². The number of halogens is 1. The first-order valence-electron chi connectivity index (χ1n) is 8.63. The number of hydrogen-bond donors (Lipinski definition) is 1. The molecular formula is C20H21ClN2O3. The number of hydrogen-bond acceptors (Lipinski definition) is 4. The van der Waals surface area contributed by atoms with Gasteiger partial charge in [0.2, 0.25) is 0 Å². The highest BCUT2D eigenvalue weighted by Crippen LogP contribution is 2.25. The fourth-order valence-electron chi connectivity index (χ4n) is 3.04. The lowest BCUT2D eigenvalue weighted by molar-refractivity contribution is 0.0600. The van der Waals surface area contributed by atoms with Crippen molar-refractivity contribution in [3.8, 4) is 0 Å². The van der Waals surface area contributed by atoms with E-state index in [9.17, 15) is 9.59 Å². The van der Waals surface area contributed by atoms with Crippen molar-refractivity contribution in [2.24, 2.45) is 0 Å². The van der Waals surface area contributed by atoms with Crippen LogP contribution in [0.15, 0.2) is 42.5 Å². The molecular weight excluding hydrogens is 352 g/mol. The summed E-state index contributed by atoms with van der Waals surface area (Å²) in [5.74, 6) is -0.762. The number of nitrogens with one attached hydrogen (secondary N) is 1. The van der Waals surface area contributed by atoms with Crippen LogP contribution in [-0.4, -0.2) is 32.1 Å². The second-order valence-electron chi connectivity index (χ2n) is 6.23. The third-order valence-electron chi connectivity index (χ3n) is 4.49. The minimum Gasteiger partial charge on any atom is -0.465 e. The first-order valence-corrected chi connectivity index (χ1v) is 9.00. The maximum atomic E-state index is 12.5. The van der Waals surface area contributed by atoms with Gasteiger partial charge in [0.05, 0.1) is 23.4 Å². The van der Waals surface area contributed by atoms with Gasteiger partial charge in [0.15, 0.2) is 0 Å². The van der Waals surface area contributed by atoms with Crippen LogP contribution < -0.4 is 10.2 Å². The summed E-state index contributed by atoms with van der Waals surface area (Å²) in [5.41, 5.74) is 2.37. The maximum Gasteiger partial charge on any atom is 0.337 e. The number of ether oxygens (including phenoxy) is 1. The fraction of sp³-hybridized carbons (Fsp3) is 0.300. The lowest BCUT2D eigenvalue weighted by Crippen LogP contribution is -2.29. The van der Waals surface area contributed by atoms with Crippen LogP contribution in [0.2, 0.25) is 5.02 Å². The molecule has 2 aromatic rings. The highest BCUT2D eigenvalue weighted by Gasteiger charge is 2.14. The number of piperidine rings is 1. The van der Waals surface area contributed by atoms with E-state index < -0.39 is 5.97 Å². The van der Waals surface area contributed by atoms with Crippen LogP contribution in [0.3, 0.4) is 0 Å². The third-order valence-corrected chi connectivity index (χ3v) is 4.82. The van der Waals surface area contributed by atoms with Gasteiger partial charge in [-0.2, -0.15) is 0 Å². The minimum atomic E-state index is -0.483. The molecule has 2 aromatic carbocycles. The molecule has 1 saturated heterocycles. The second-order valence-corrected chi connectivity index (χ2v) is 6.64. The largest absolute Gasteiger partial charge is 0.465 e. The van der Waals surface area contributed by atoms with Gasteiger partial charge in [0.25, 0.3) is 5.91 Å². The van der Waals surface area contributed by atoms with E-state index in [1.807, 2.05) is 12.1 Å². The number of carbonyl (C=O) groups excluding carboxylic acids is 2. The molecule has 1 aliphatic rings. The molecule has 6 heteroatoms. The Kier molecular flexibility index (Phi) is 5.78. The van der Waals surface area contributed by atoms with Crippen LogP contribution in [0, 0.1) is 0 Å². The highest BCUT2D eigenvalue weighted by molar-refractivity contribution is 6.34. The Bertz CT molecular complexity index is 799. The Morgan fingerprint density at radius 1 is 1.00 bits per heavy atom. The number of amides is 1. The van der Waals surface area contributed by atoms with Crippen molar-refractivity contribution in [1.29, 1.82) is 0 Å². The molecule has 26 heavy (non-hydrogen) atoms. The first-order chi connectivity index (χ1) is 12.6. The van der Waals surface area contributed by atoms with Gasteiger partial charge in [-0.3, -0.25) is 4.79 Å². The molecule has 0 atom stereocenters. The average molecular weight is 373 g/mol. The summed E-state index contributed by atoms with van der Waals surface area (Å²) in [6.07, 6.45) is 3.69. The fourth-order valence-corrected chi connectivity index (χ4v) is 3.20. The normalized spacial score (nSPS) is 14.0. The zero-order valence-electron chi connectivity index (χ0n) is 14.6. The monoisotopic (exact) mass is 372 g/mol. The minimum absolute atomic E-state index is 0.279. The molecule has 0 bridgehead atoms. The van der Waals surface area contributed by atoms with Crippen molar-refractivity contribution >= 4 is 34.9 Å². The van der Waals surface area contributed by atoms with Crippen LogP contribution in [0.4, 0.5) is 11.4 Å². The number of rotatable bonds is 4. The smallest absolute Gasteiger partial charge is 0.337 e. The van der Waals surface area contributed by atoms with Crippen molar-refractivity contribution in [1.82, 2.24) is 0 Å². The van der Waals surface area contributed by atoms with E-state index >= 15 is 0 Å². The second kappa shape index (κ2) is 8.23. The summed E-state index contributed by atoms with van der Waals surface area (Å²) in [4.78, 5) is 26.5. The van der Waals surface area contributed by atoms with Crippen LogP contribution in [0.25, 0.3) is 0 Å². The van der Waals surface area contributed by atoms with Crippen molar-refractivity contribution in [2.45, 2.75) is 19.3 Å². The SMILES string of the molecule is COC(=O)c1ccc(Cl)c(NC(=O)c2ccc(N3CCCCC3)cc2)c1. The molecule has 0 saturated carbocycles. The molecule has 5 nitrogen and oxygen atoms in total. The van der Waals surface area contributed by atoms with E-state index in [0.29, 0.717) is 21.8 Å². The van der Waals surface area contributed by atoms with E-state index in [2.05, 4.69) is 10.2 Å². The summed E-state index contributed by atoms with van der Waals surface area (Å²) in [6.45, 7) is 2.11. The Hall–Kier alpha value is -2.53. The summed E-state index contributed by atoms with van der Waals surface area (Å²) >= 11 is 6.13. The molecule has 0 spiro atoms. The van der Waals surface area contributed by atoms with Gasteiger partial charge in [-0.15, -0.1) is 0 Å². The zero-order chi connectivity index (χ0) is 18.5. The number of methoxy groups -OCH3 is 1. The molecule has 1 heterocycles. The molecule has 1 amide bonds. The van der Waals surface area contributed by atoms with Crippen LogP contribution in [-0.2, 0) is 4.74 Å². The predicted octanol–water partition coefficient (Wildman–Crippen LogP) is 4.37. The highest BCUT2D eigenvalue weighted by atomic mass is 35.5. The molecule has 1 fully saturated rings. The number of carbonyl (C=O) groups is 2. The van der Waals surface area contributed by atoms with Gasteiger partial charge in [0, 0.05) is 24.3 Å². The lowest BCUT2D eigenvalue weighted by Gasteiger charge is -2.28.